The molecule has 0 bridgehead atoms. The Balaban J connectivity index is 0.000000142. The van der Waals surface area contributed by atoms with E-state index in [2.05, 4.69) is 48.6 Å². The third kappa shape index (κ3) is 3.45. The molecule has 0 aliphatic heterocycles. The fourth-order valence-electron chi connectivity index (χ4n) is 4.56. The number of phenolic OH excluding ortho intramolecular Hbond substituents is 1. The summed E-state index contributed by atoms with van der Waals surface area (Å²) in [5, 5.41) is 14.2. The van der Waals surface area contributed by atoms with E-state index in [0.717, 1.165) is 10.8 Å². The number of aryl methyl sites for hydroxylation is 1. The van der Waals surface area contributed by atoms with E-state index in [4.69, 9.17) is 5.11 Å². The van der Waals surface area contributed by atoms with Gasteiger partial charge >= 0.3 is 0 Å². The number of hydrogen-bond donors (Lipinski definition) is 1. The van der Waals surface area contributed by atoms with Crippen molar-refractivity contribution in [3.05, 3.63) is 108 Å². The number of benzene rings is 4. The van der Waals surface area contributed by atoms with E-state index in [0.29, 0.717) is 5.75 Å². The van der Waals surface area contributed by atoms with Crippen molar-refractivity contribution in [2.75, 3.05) is 0 Å². The summed E-state index contributed by atoms with van der Waals surface area (Å²) < 4.78 is 0. The maximum absolute atomic E-state index is 9.13. The van der Waals surface area contributed by atoms with Crippen molar-refractivity contribution in [1.29, 1.82) is 0 Å². The van der Waals surface area contributed by atoms with E-state index in [9.17, 15) is 0 Å². The number of hydrogen-bond acceptors (Lipinski definition) is 1. The quantitative estimate of drug-likeness (QED) is 0.338. The van der Waals surface area contributed by atoms with Gasteiger partial charge in [-0.25, -0.2) is 0 Å². The first-order valence-electron chi connectivity index (χ1n) is 10.4. The lowest BCUT2D eigenvalue weighted by atomic mass is 9.80. The first-order chi connectivity index (χ1) is 14.3. The van der Waals surface area contributed by atoms with Crippen molar-refractivity contribution < 1.29 is 5.11 Å². The molecule has 0 amide bonds. The summed E-state index contributed by atoms with van der Waals surface area (Å²) in [5.41, 5.74) is 6.21. The number of fused-ring (bicyclic) bond motifs is 5. The smallest absolute Gasteiger partial charge is 0.116 e. The van der Waals surface area contributed by atoms with Gasteiger partial charge in [0.05, 0.1) is 0 Å². The van der Waals surface area contributed by atoms with Crippen LogP contribution in [0.2, 0.25) is 0 Å². The lowest BCUT2D eigenvalue weighted by Gasteiger charge is -2.25. The van der Waals surface area contributed by atoms with Gasteiger partial charge in [-0.15, -0.1) is 0 Å². The van der Waals surface area contributed by atoms with Crippen LogP contribution in [0.4, 0.5) is 0 Å². The third-order valence-electron chi connectivity index (χ3n) is 6.02. The maximum Gasteiger partial charge on any atom is 0.116 e. The Bertz CT molecular complexity index is 1260. The SMILES string of the molecule is C1=CC2=C(CC1)CCc1c2ccc2ccccc12.Oc1ccc2ccccc2c1. The van der Waals surface area contributed by atoms with Crippen LogP contribution in [-0.4, -0.2) is 5.11 Å². The second-order valence-electron chi connectivity index (χ2n) is 7.80. The molecule has 2 aliphatic carbocycles. The zero-order valence-electron chi connectivity index (χ0n) is 16.4. The first-order valence-corrected chi connectivity index (χ1v) is 10.4. The fourth-order valence-corrected chi connectivity index (χ4v) is 4.56. The van der Waals surface area contributed by atoms with Gasteiger partial charge in [0.1, 0.15) is 5.75 Å². The van der Waals surface area contributed by atoms with E-state index < -0.39 is 0 Å². The second kappa shape index (κ2) is 7.60. The highest BCUT2D eigenvalue weighted by atomic mass is 16.3. The largest absolute Gasteiger partial charge is 0.508 e. The van der Waals surface area contributed by atoms with Crippen molar-refractivity contribution in [3.63, 3.8) is 0 Å². The van der Waals surface area contributed by atoms with E-state index in [1.165, 1.54) is 47.6 Å². The summed E-state index contributed by atoms with van der Waals surface area (Å²) in [6, 6.07) is 26.7. The molecule has 1 N–H and O–H groups in total. The van der Waals surface area contributed by atoms with E-state index >= 15 is 0 Å². The monoisotopic (exact) mass is 376 g/mol. The summed E-state index contributed by atoms with van der Waals surface area (Å²) in [5.74, 6) is 0.323. The lowest BCUT2D eigenvalue weighted by molar-refractivity contribution is 0.476. The molecular formula is C28H24O. The van der Waals surface area contributed by atoms with Crippen LogP contribution in [0.3, 0.4) is 0 Å². The Morgan fingerprint density at radius 3 is 2.31 bits per heavy atom. The molecule has 142 valence electrons. The summed E-state index contributed by atoms with van der Waals surface area (Å²) in [6.07, 6.45) is 9.61. The molecule has 0 spiro atoms. The molecule has 0 fully saturated rings. The zero-order valence-corrected chi connectivity index (χ0v) is 16.4. The van der Waals surface area contributed by atoms with Crippen LogP contribution < -0.4 is 0 Å². The van der Waals surface area contributed by atoms with Crippen LogP contribution in [-0.2, 0) is 6.42 Å². The Morgan fingerprint density at radius 2 is 1.41 bits per heavy atom. The first kappa shape index (κ1) is 17.8. The molecule has 2 aliphatic rings. The molecule has 4 aromatic rings. The second-order valence-corrected chi connectivity index (χ2v) is 7.80. The molecule has 0 radical (unpaired) electrons. The average molecular weight is 376 g/mol. The highest BCUT2D eigenvalue weighted by Crippen LogP contribution is 2.39. The van der Waals surface area contributed by atoms with Gasteiger partial charge in [-0.2, -0.15) is 0 Å². The minimum absolute atomic E-state index is 0.323. The molecule has 0 saturated carbocycles. The predicted molar refractivity (Wildman–Crippen MR) is 123 cm³/mol. The van der Waals surface area contributed by atoms with Gasteiger partial charge in [-0.1, -0.05) is 84.5 Å². The molecule has 29 heavy (non-hydrogen) atoms. The zero-order chi connectivity index (χ0) is 19.6. The summed E-state index contributed by atoms with van der Waals surface area (Å²) in [4.78, 5) is 0. The molecule has 4 aromatic carbocycles. The number of aromatic hydroxyl groups is 1. The van der Waals surface area contributed by atoms with Crippen molar-refractivity contribution in [2.45, 2.75) is 25.7 Å². The van der Waals surface area contributed by atoms with Crippen molar-refractivity contribution in [3.8, 4) is 5.75 Å². The minimum Gasteiger partial charge on any atom is -0.508 e. The van der Waals surface area contributed by atoms with Gasteiger partial charge in [-0.3, -0.25) is 0 Å². The van der Waals surface area contributed by atoms with Crippen LogP contribution in [0.1, 0.15) is 30.4 Å². The molecule has 0 heterocycles. The fraction of sp³-hybridized carbons (Fsp3) is 0.143. The molecule has 0 aromatic heterocycles. The van der Waals surface area contributed by atoms with E-state index in [1.807, 2.05) is 30.3 Å². The van der Waals surface area contributed by atoms with Crippen molar-refractivity contribution in [2.24, 2.45) is 0 Å². The van der Waals surface area contributed by atoms with Gasteiger partial charge in [-0.05, 0) is 76.1 Å². The van der Waals surface area contributed by atoms with Gasteiger partial charge in [0, 0.05) is 0 Å². The summed E-state index contributed by atoms with van der Waals surface area (Å²) in [6.45, 7) is 0. The Morgan fingerprint density at radius 1 is 0.655 bits per heavy atom. The Kier molecular flexibility index (Phi) is 4.65. The van der Waals surface area contributed by atoms with E-state index in [-0.39, 0.29) is 0 Å². The van der Waals surface area contributed by atoms with E-state index in [1.54, 1.807) is 23.3 Å². The third-order valence-corrected chi connectivity index (χ3v) is 6.02. The van der Waals surface area contributed by atoms with Crippen molar-refractivity contribution in [1.82, 2.24) is 0 Å². The summed E-state index contributed by atoms with van der Waals surface area (Å²) in [7, 11) is 0. The van der Waals surface area contributed by atoms with Gasteiger partial charge in [0.2, 0.25) is 0 Å². The van der Waals surface area contributed by atoms with Crippen LogP contribution in [0.25, 0.3) is 27.1 Å². The van der Waals surface area contributed by atoms with Crippen molar-refractivity contribution >= 4 is 27.1 Å². The molecule has 0 atom stereocenters. The Hall–Kier alpha value is -3.32. The van der Waals surface area contributed by atoms with Gasteiger partial charge in [0.15, 0.2) is 0 Å². The number of rotatable bonds is 0. The molecule has 1 nitrogen and oxygen atoms in total. The maximum atomic E-state index is 9.13. The highest BCUT2D eigenvalue weighted by molar-refractivity contribution is 5.93. The molecular weight excluding hydrogens is 352 g/mol. The standard InChI is InChI=1S/C18H16.C10H8O/c1-3-7-15-13(5-1)9-11-18-16-8-4-2-6-14(16)10-12-17(15)18;11-10-6-5-8-3-1-2-4-9(8)7-10/h1,3-5,7-9,11H,2,6,10,12H2;1-7,11H. The molecule has 6 rings (SSSR count). The average Bonchev–Trinajstić information content (AvgIpc) is 2.79. The number of phenols is 1. The van der Waals surface area contributed by atoms with Crippen LogP contribution >= 0.6 is 0 Å². The highest BCUT2D eigenvalue weighted by Gasteiger charge is 2.20. The topological polar surface area (TPSA) is 20.2 Å². The molecule has 0 unspecified atom stereocenters. The van der Waals surface area contributed by atoms with Crippen LogP contribution in [0.15, 0.2) is 96.6 Å². The Labute approximate surface area is 171 Å². The van der Waals surface area contributed by atoms with Gasteiger partial charge in [0.25, 0.3) is 0 Å². The normalized spacial score (nSPS) is 14.9. The lowest BCUT2D eigenvalue weighted by Crippen LogP contribution is -2.06. The van der Waals surface area contributed by atoms with Crippen LogP contribution in [0.5, 0.6) is 5.75 Å². The minimum atomic E-state index is 0.323. The predicted octanol–water partition coefficient (Wildman–Crippen LogP) is 7.44. The molecule has 0 saturated heterocycles. The number of allylic oxidation sites excluding steroid dienone is 4. The molecule has 1 heteroatoms. The van der Waals surface area contributed by atoms with Crippen LogP contribution in [0, 0.1) is 0 Å². The summed E-state index contributed by atoms with van der Waals surface area (Å²) >= 11 is 0. The van der Waals surface area contributed by atoms with Gasteiger partial charge < -0.3 is 5.11 Å².